The van der Waals surface area contributed by atoms with E-state index in [2.05, 4.69) is 28.9 Å². The molecule has 3 rings (SSSR count). The summed E-state index contributed by atoms with van der Waals surface area (Å²) in [4.78, 5) is 21.3. The van der Waals surface area contributed by atoms with E-state index in [0.717, 1.165) is 49.0 Å². The summed E-state index contributed by atoms with van der Waals surface area (Å²) in [5.41, 5.74) is 1.99. The Hall–Kier alpha value is -1.72. The second kappa shape index (κ2) is 7.03. The molecule has 0 aliphatic carbocycles. The van der Waals surface area contributed by atoms with Gasteiger partial charge in [-0.05, 0) is 6.54 Å². The van der Waals surface area contributed by atoms with E-state index in [9.17, 15) is 4.79 Å². The van der Waals surface area contributed by atoms with Gasteiger partial charge in [0.1, 0.15) is 5.01 Å². The van der Waals surface area contributed by atoms with Crippen LogP contribution < -0.4 is 0 Å². The molecule has 1 aliphatic heterocycles. The van der Waals surface area contributed by atoms with Crippen molar-refractivity contribution in [1.29, 1.82) is 0 Å². The average molecular weight is 315 g/mol. The van der Waals surface area contributed by atoms with Crippen LogP contribution in [0.2, 0.25) is 0 Å². The number of carbonyl (C=O) groups is 1. The van der Waals surface area contributed by atoms with Crippen LogP contribution in [0.5, 0.6) is 0 Å². The third-order valence-electron chi connectivity index (χ3n) is 4.08. The van der Waals surface area contributed by atoms with Crippen LogP contribution in [0, 0.1) is 0 Å². The molecule has 4 nitrogen and oxygen atoms in total. The van der Waals surface area contributed by atoms with Crippen LogP contribution in [0.4, 0.5) is 0 Å². The summed E-state index contributed by atoms with van der Waals surface area (Å²) in [5.74, 6) is 0.195. The first-order valence-corrected chi connectivity index (χ1v) is 8.64. The maximum atomic E-state index is 12.4. The number of benzene rings is 1. The van der Waals surface area contributed by atoms with Crippen LogP contribution in [0.1, 0.15) is 12.6 Å². The van der Waals surface area contributed by atoms with Gasteiger partial charge < -0.3 is 9.80 Å². The van der Waals surface area contributed by atoms with Gasteiger partial charge >= 0.3 is 0 Å². The van der Waals surface area contributed by atoms with Crippen molar-refractivity contribution in [3.8, 4) is 10.6 Å². The van der Waals surface area contributed by atoms with Gasteiger partial charge in [0.25, 0.3) is 0 Å². The zero-order valence-corrected chi connectivity index (χ0v) is 13.7. The number of aromatic nitrogens is 1. The fraction of sp³-hybridized carbons (Fsp3) is 0.412. The molecule has 0 atom stereocenters. The summed E-state index contributed by atoms with van der Waals surface area (Å²) in [7, 11) is 0. The van der Waals surface area contributed by atoms with E-state index in [4.69, 9.17) is 0 Å². The van der Waals surface area contributed by atoms with Gasteiger partial charge in [-0.1, -0.05) is 37.3 Å². The second-order valence-corrected chi connectivity index (χ2v) is 6.36. The van der Waals surface area contributed by atoms with E-state index in [-0.39, 0.29) is 5.91 Å². The van der Waals surface area contributed by atoms with Gasteiger partial charge in [0, 0.05) is 37.1 Å². The molecule has 0 bridgehead atoms. The van der Waals surface area contributed by atoms with Gasteiger partial charge in [-0.15, -0.1) is 11.3 Å². The summed E-state index contributed by atoms with van der Waals surface area (Å²) >= 11 is 1.61. The van der Waals surface area contributed by atoms with Gasteiger partial charge in [-0.2, -0.15) is 0 Å². The first kappa shape index (κ1) is 15.2. The number of nitrogens with zero attached hydrogens (tertiary/aromatic N) is 3. The number of hydrogen-bond donors (Lipinski definition) is 0. The average Bonchev–Trinajstić information content (AvgIpc) is 3.04. The van der Waals surface area contributed by atoms with Gasteiger partial charge in [0.15, 0.2) is 0 Å². The first-order valence-electron chi connectivity index (χ1n) is 7.76. The number of thiazole rings is 1. The SMILES string of the molecule is CCN1CCN(C(=O)Cc2csc(-c3ccccc3)n2)CC1. The minimum atomic E-state index is 0.195. The Balaban J connectivity index is 1.60. The molecule has 0 spiro atoms. The third-order valence-corrected chi connectivity index (χ3v) is 5.02. The predicted octanol–water partition coefficient (Wildman–Crippen LogP) is 2.52. The Morgan fingerprint density at radius 2 is 1.91 bits per heavy atom. The number of piperazine rings is 1. The molecule has 22 heavy (non-hydrogen) atoms. The second-order valence-electron chi connectivity index (χ2n) is 5.50. The maximum absolute atomic E-state index is 12.4. The summed E-state index contributed by atoms with van der Waals surface area (Å²) in [6.45, 7) is 6.86. The van der Waals surface area contributed by atoms with Crippen molar-refractivity contribution >= 4 is 17.2 Å². The number of likely N-dealkylation sites (N-methyl/N-ethyl adjacent to an activating group) is 1. The highest BCUT2D eigenvalue weighted by Crippen LogP contribution is 2.23. The highest BCUT2D eigenvalue weighted by atomic mass is 32.1. The summed E-state index contributed by atoms with van der Waals surface area (Å²) in [6.07, 6.45) is 0.412. The fourth-order valence-corrected chi connectivity index (χ4v) is 3.51. The molecule has 1 aliphatic rings. The summed E-state index contributed by atoms with van der Waals surface area (Å²) in [5, 5.41) is 2.99. The molecule has 5 heteroatoms. The number of amides is 1. The van der Waals surface area contributed by atoms with Crippen LogP contribution in [-0.2, 0) is 11.2 Å². The van der Waals surface area contributed by atoms with Gasteiger partial charge in [-0.25, -0.2) is 4.98 Å². The van der Waals surface area contributed by atoms with Crippen LogP contribution in [0.25, 0.3) is 10.6 Å². The lowest BCUT2D eigenvalue weighted by Gasteiger charge is -2.34. The molecule has 116 valence electrons. The molecule has 1 saturated heterocycles. The van der Waals surface area contributed by atoms with Crippen molar-refractivity contribution in [3.05, 3.63) is 41.4 Å². The predicted molar refractivity (Wildman–Crippen MR) is 89.9 cm³/mol. The summed E-state index contributed by atoms with van der Waals surface area (Å²) < 4.78 is 0. The monoisotopic (exact) mass is 315 g/mol. The lowest BCUT2D eigenvalue weighted by Crippen LogP contribution is -2.48. The van der Waals surface area contributed by atoms with E-state index < -0.39 is 0 Å². The van der Waals surface area contributed by atoms with Crippen LogP contribution in [0.3, 0.4) is 0 Å². The van der Waals surface area contributed by atoms with Gasteiger partial charge in [0.2, 0.25) is 5.91 Å². The highest BCUT2D eigenvalue weighted by Gasteiger charge is 2.21. The van der Waals surface area contributed by atoms with Gasteiger partial charge in [0.05, 0.1) is 12.1 Å². The van der Waals surface area contributed by atoms with E-state index >= 15 is 0 Å². The standard InChI is InChI=1S/C17H21N3OS/c1-2-19-8-10-20(11-9-19)16(21)12-15-13-22-17(18-15)14-6-4-3-5-7-14/h3-7,13H,2,8-12H2,1H3. The van der Waals surface area contributed by atoms with Crippen molar-refractivity contribution < 1.29 is 4.79 Å². The largest absolute Gasteiger partial charge is 0.340 e. The molecule has 1 aromatic heterocycles. The molecule has 2 heterocycles. The zero-order valence-electron chi connectivity index (χ0n) is 12.9. The molecule has 2 aromatic rings. The third kappa shape index (κ3) is 3.54. The van der Waals surface area contributed by atoms with Gasteiger partial charge in [-0.3, -0.25) is 4.79 Å². The lowest BCUT2D eigenvalue weighted by molar-refractivity contribution is -0.132. The number of rotatable bonds is 4. The van der Waals surface area contributed by atoms with Crippen LogP contribution in [-0.4, -0.2) is 53.4 Å². The van der Waals surface area contributed by atoms with Crippen molar-refractivity contribution in [1.82, 2.24) is 14.8 Å². The minimum Gasteiger partial charge on any atom is -0.340 e. The fourth-order valence-electron chi connectivity index (χ4n) is 2.68. The highest BCUT2D eigenvalue weighted by molar-refractivity contribution is 7.13. The Morgan fingerprint density at radius 1 is 1.18 bits per heavy atom. The van der Waals surface area contributed by atoms with E-state index in [0.29, 0.717) is 6.42 Å². The Kier molecular flexibility index (Phi) is 4.85. The normalized spacial score (nSPS) is 16.0. The minimum absolute atomic E-state index is 0.195. The molecule has 0 unspecified atom stereocenters. The van der Waals surface area contributed by atoms with E-state index in [1.807, 2.05) is 28.5 Å². The Morgan fingerprint density at radius 3 is 2.59 bits per heavy atom. The Bertz CT molecular complexity index is 618. The van der Waals surface area contributed by atoms with Crippen molar-refractivity contribution in [3.63, 3.8) is 0 Å². The number of carbonyl (C=O) groups excluding carboxylic acids is 1. The molecule has 1 amide bonds. The molecule has 1 aromatic carbocycles. The first-order chi connectivity index (χ1) is 10.8. The van der Waals surface area contributed by atoms with E-state index in [1.54, 1.807) is 11.3 Å². The lowest BCUT2D eigenvalue weighted by atomic mass is 10.2. The van der Waals surface area contributed by atoms with E-state index in [1.165, 1.54) is 0 Å². The maximum Gasteiger partial charge on any atom is 0.228 e. The van der Waals surface area contributed by atoms with Crippen molar-refractivity contribution in [2.75, 3.05) is 32.7 Å². The zero-order chi connectivity index (χ0) is 15.4. The molecule has 0 radical (unpaired) electrons. The topological polar surface area (TPSA) is 36.4 Å². The van der Waals surface area contributed by atoms with Crippen molar-refractivity contribution in [2.45, 2.75) is 13.3 Å². The quantitative estimate of drug-likeness (QED) is 0.870. The molecule has 0 saturated carbocycles. The van der Waals surface area contributed by atoms with Crippen molar-refractivity contribution in [2.24, 2.45) is 0 Å². The molecule has 1 fully saturated rings. The Labute approximate surface area is 135 Å². The molecular formula is C17H21N3OS. The smallest absolute Gasteiger partial charge is 0.228 e. The molecule has 0 N–H and O–H groups in total. The van der Waals surface area contributed by atoms with Crippen LogP contribution in [0.15, 0.2) is 35.7 Å². The summed E-state index contributed by atoms with van der Waals surface area (Å²) in [6, 6.07) is 10.1. The molecular weight excluding hydrogens is 294 g/mol. The number of hydrogen-bond acceptors (Lipinski definition) is 4. The van der Waals surface area contributed by atoms with Crippen LogP contribution >= 0.6 is 11.3 Å².